The number of fused-ring (bicyclic) bond motifs is 1. The van der Waals surface area contributed by atoms with Crippen LogP contribution in [0.25, 0.3) is 0 Å². The summed E-state index contributed by atoms with van der Waals surface area (Å²) in [4.78, 5) is 15.9. The molecule has 1 aromatic carbocycles. The number of carbonyl (C=O) groups excluding carboxylic acids is 1. The molecule has 134 valence electrons. The number of hydrogen-bond donors (Lipinski definition) is 2. The monoisotopic (exact) mass is 343 g/mol. The highest BCUT2D eigenvalue weighted by atomic mass is 16.5. The Morgan fingerprint density at radius 3 is 3.04 bits per heavy atom. The number of hydrogen-bond acceptors (Lipinski definition) is 5. The van der Waals surface area contributed by atoms with Gasteiger partial charge in [0.1, 0.15) is 11.6 Å². The van der Waals surface area contributed by atoms with E-state index in [0.29, 0.717) is 12.6 Å². The van der Waals surface area contributed by atoms with Gasteiger partial charge in [0.2, 0.25) is 0 Å². The van der Waals surface area contributed by atoms with E-state index < -0.39 is 0 Å². The summed E-state index contributed by atoms with van der Waals surface area (Å²) in [6, 6.07) is 8.16. The van der Waals surface area contributed by atoms with Gasteiger partial charge in [-0.25, -0.2) is 9.67 Å². The molecular formula is C18H25N5O2. The Hall–Kier alpha value is -2.41. The third kappa shape index (κ3) is 4.36. The average molecular weight is 343 g/mol. The molecule has 1 amide bonds. The zero-order valence-electron chi connectivity index (χ0n) is 14.8. The van der Waals surface area contributed by atoms with Crippen molar-refractivity contribution >= 4 is 5.91 Å². The van der Waals surface area contributed by atoms with Gasteiger partial charge in [0.15, 0.2) is 12.4 Å². The molecule has 3 rings (SSSR count). The van der Waals surface area contributed by atoms with Crippen molar-refractivity contribution in [2.75, 3.05) is 13.7 Å². The summed E-state index contributed by atoms with van der Waals surface area (Å²) >= 11 is 0. The second kappa shape index (κ2) is 8.11. The second-order valence-electron chi connectivity index (χ2n) is 6.17. The van der Waals surface area contributed by atoms with Gasteiger partial charge in [-0.05, 0) is 12.5 Å². The fourth-order valence-electron chi connectivity index (χ4n) is 2.94. The van der Waals surface area contributed by atoms with Crippen LogP contribution >= 0.6 is 0 Å². The van der Waals surface area contributed by atoms with Gasteiger partial charge < -0.3 is 15.4 Å². The summed E-state index contributed by atoms with van der Waals surface area (Å²) in [5, 5.41) is 10.7. The van der Waals surface area contributed by atoms with Crippen molar-refractivity contribution in [1.82, 2.24) is 25.4 Å². The number of rotatable bonds is 7. The minimum atomic E-state index is -0.138. The molecular weight excluding hydrogens is 318 g/mol. The van der Waals surface area contributed by atoms with Crippen LogP contribution in [-0.2, 0) is 30.7 Å². The van der Waals surface area contributed by atoms with Gasteiger partial charge in [-0.3, -0.25) is 4.79 Å². The van der Waals surface area contributed by atoms with Gasteiger partial charge in [-0.2, -0.15) is 5.10 Å². The first-order chi connectivity index (χ1) is 12.2. The van der Waals surface area contributed by atoms with Gasteiger partial charge in [0, 0.05) is 38.0 Å². The van der Waals surface area contributed by atoms with Crippen molar-refractivity contribution in [3.8, 4) is 5.75 Å². The molecule has 0 saturated heterocycles. The van der Waals surface area contributed by atoms with Crippen LogP contribution in [0.4, 0.5) is 0 Å². The Balaban J connectivity index is 1.58. The lowest BCUT2D eigenvalue weighted by atomic mass is 10.1. The highest BCUT2D eigenvalue weighted by Crippen LogP contribution is 2.19. The molecule has 0 radical (unpaired) electrons. The molecule has 25 heavy (non-hydrogen) atoms. The SMILES string of the molecule is CCc1nc2n(n1)C[C@@H](NCc1ccccc1OCC(=O)NC)CC2. The maximum atomic E-state index is 11.4. The molecule has 0 saturated carbocycles. The number of para-hydroxylation sites is 1. The number of aromatic nitrogens is 3. The predicted octanol–water partition coefficient (Wildman–Crippen LogP) is 1.07. The number of amides is 1. The first kappa shape index (κ1) is 17.4. The highest BCUT2D eigenvalue weighted by molar-refractivity contribution is 5.77. The van der Waals surface area contributed by atoms with E-state index in [0.717, 1.165) is 48.8 Å². The molecule has 0 bridgehead atoms. The van der Waals surface area contributed by atoms with Gasteiger partial charge in [-0.1, -0.05) is 25.1 Å². The van der Waals surface area contributed by atoms with E-state index >= 15 is 0 Å². The molecule has 7 nitrogen and oxygen atoms in total. The molecule has 1 aliphatic rings. The Morgan fingerprint density at radius 1 is 1.40 bits per heavy atom. The predicted molar refractivity (Wildman–Crippen MR) is 94.4 cm³/mol. The zero-order valence-corrected chi connectivity index (χ0v) is 14.8. The Bertz CT molecular complexity index is 728. The maximum Gasteiger partial charge on any atom is 0.257 e. The van der Waals surface area contributed by atoms with E-state index in [-0.39, 0.29) is 12.5 Å². The van der Waals surface area contributed by atoms with Crippen molar-refractivity contribution in [3.05, 3.63) is 41.5 Å². The minimum absolute atomic E-state index is 0.0268. The van der Waals surface area contributed by atoms with E-state index in [4.69, 9.17) is 4.74 Å². The normalized spacial score (nSPS) is 16.3. The number of ether oxygens (including phenoxy) is 1. The van der Waals surface area contributed by atoms with Crippen molar-refractivity contribution in [2.24, 2.45) is 0 Å². The number of aryl methyl sites for hydroxylation is 2. The second-order valence-corrected chi connectivity index (χ2v) is 6.17. The fourth-order valence-corrected chi connectivity index (χ4v) is 2.94. The first-order valence-corrected chi connectivity index (χ1v) is 8.76. The van der Waals surface area contributed by atoms with E-state index in [1.807, 2.05) is 28.9 Å². The molecule has 0 unspecified atom stereocenters. The standard InChI is InChI=1S/C18H25N5O2/c1-3-16-21-17-9-8-14(11-23(17)22-16)20-10-13-6-4-5-7-15(13)25-12-18(24)19-2/h4-7,14,20H,3,8-12H2,1-2H3,(H,19,24)/t14-/m0/s1. The lowest BCUT2D eigenvalue weighted by Crippen LogP contribution is -2.37. The number of nitrogens with zero attached hydrogens (tertiary/aromatic N) is 3. The molecule has 1 aromatic heterocycles. The molecule has 0 fully saturated rings. The molecule has 2 N–H and O–H groups in total. The number of nitrogens with one attached hydrogen (secondary N) is 2. The third-order valence-electron chi connectivity index (χ3n) is 4.41. The number of benzene rings is 1. The van der Waals surface area contributed by atoms with Gasteiger partial charge >= 0.3 is 0 Å². The van der Waals surface area contributed by atoms with Crippen LogP contribution in [0.2, 0.25) is 0 Å². The largest absolute Gasteiger partial charge is 0.483 e. The molecule has 2 heterocycles. The number of likely N-dealkylation sites (N-methyl/N-ethyl adjacent to an activating group) is 1. The topological polar surface area (TPSA) is 81.1 Å². The fraction of sp³-hybridized carbons (Fsp3) is 0.500. The summed E-state index contributed by atoms with van der Waals surface area (Å²) < 4.78 is 7.65. The van der Waals surface area contributed by atoms with Crippen molar-refractivity contribution in [2.45, 2.75) is 45.3 Å². The van der Waals surface area contributed by atoms with Crippen LogP contribution in [0.5, 0.6) is 5.75 Å². The third-order valence-corrected chi connectivity index (χ3v) is 4.41. The van der Waals surface area contributed by atoms with Crippen molar-refractivity contribution in [1.29, 1.82) is 0 Å². The quantitative estimate of drug-likeness (QED) is 0.786. The van der Waals surface area contributed by atoms with Crippen LogP contribution < -0.4 is 15.4 Å². The summed E-state index contributed by atoms with van der Waals surface area (Å²) in [5.41, 5.74) is 1.05. The van der Waals surface area contributed by atoms with Crippen LogP contribution in [0.1, 0.15) is 30.6 Å². The van der Waals surface area contributed by atoms with E-state index in [2.05, 4.69) is 27.6 Å². The lowest BCUT2D eigenvalue weighted by molar-refractivity contribution is -0.122. The van der Waals surface area contributed by atoms with Crippen LogP contribution in [0.15, 0.2) is 24.3 Å². The lowest BCUT2D eigenvalue weighted by Gasteiger charge is -2.24. The summed E-state index contributed by atoms with van der Waals surface area (Å²) in [5.74, 6) is 2.61. The molecule has 0 spiro atoms. The maximum absolute atomic E-state index is 11.4. The average Bonchev–Trinajstić information content (AvgIpc) is 3.07. The zero-order chi connectivity index (χ0) is 17.6. The van der Waals surface area contributed by atoms with Gasteiger partial charge in [0.05, 0.1) is 6.54 Å². The van der Waals surface area contributed by atoms with Gasteiger partial charge in [-0.15, -0.1) is 0 Å². The van der Waals surface area contributed by atoms with Crippen LogP contribution in [0.3, 0.4) is 0 Å². The summed E-state index contributed by atoms with van der Waals surface area (Å²) in [6.45, 7) is 3.63. The van der Waals surface area contributed by atoms with Crippen molar-refractivity contribution in [3.63, 3.8) is 0 Å². The Labute approximate surface area is 147 Å². The molecule has 2 aromatic rings. The van der Waals surface area contributed by atoms with E-state index in [9.17, 15) is 4.79 Å². The highest BCUT2D eigenvalue weighted by Gasteiger charge is 2.21. The van der Waals surface area contributed by atoms with Crippen LogP contribution in [0, 0.1) is 0 Å². The van der Waals surface area contributed by atoms with E-state index in [1.54, 1.807) is 7.05 Å². The van der Waals surface area contributed by atoms with Crippen molar-refractivity contribution < 1.29 is 9.53 Å². The summed E-state index contributed by atoms with van der Waals surface area (Å²) in [7, 11) is 1.60. The Morgan fingerprint density at radius 2 is 2.24 bits per heavy atom. The minimum Gasteiger partial charge on any atom is -0.483 e. The Kier molecular flexibility index (Phi) is 5.65. The van der Waals surface area contributed by atoms with Crippen LogP contribution in [-0.4, -0.2) is 40.4 Å². The molecule has 0 aliphatic carbocycles. The smallest absolute Gasteiger partial charge is 0.257 e. The summed E-state index contributed by atoms with van der Waals surface area (Å²) in [6.07, 6.45) is 2.86. The molecule has 1 aliphatic heterocycles. The number of carbonyl (C=O) groups is 1. The van der Waals surface area contributed by atoms with E-state index in [1.165, 1.54) is 0 Å². The van der Waals surface area contributed by atoms with Gasteiger partial charge in [0.25, 0.3) is 5.91 Å². The first-order valence-electron chi connectivity index (χ1n) is 8.76. The molecule has 7 heteroatoms. The molecule has 1 atom stereocenters.